The molecule has 0 spiro atoms. The number of Topliss-reactive ketones (excluding diaryl/α,β-unsaturated/α-hetero) is 1. The van der Waals surface area contributed by atoms with Gasteiger partial charge in [0.2, 0.25) is 0 Å². The van der Waals surface area contributed by atoms with Crippen LogP contribution in [0.1, 0.15) is 20.3 Å². The van der Waals surface area contributed by atoms with Gasteiger partial charge in [0.15, 0.2) is 23.7 Å². The first-order valence-electron chi connectivity index (χ1n) is 6.83. The lowest BCUT2D eigenvalue weighted by atomic mass is 10.1. The van der Waals surface area contributed by atoms with E-state index in [0.717, 1.165) is 5.71 Å². The summed E-state index contributed by atoms with van der Waals surface area (Å²) in [4.78, 5) is 12.0. The maximum Gasteiger partial charge on any atom is 0.184 e. The van der Waals surface area contributed by atoms with Crippen molar-refractivity contribution in [1.82, 2.24) is 9.35 Å². The molecule has 0 saturated carbocycles. The third-order valence-electron chi connectivity index (χ3n) is 2.99. The van der Waals surface area contributed by atoms with Gasteiger partial charge in [0.25, 0.3) is 0 Å². The van der Waals surface area contributed by atoms with Crippen molar-refractivity contribution in [3.05, 3.63) is 0 Å². The van der Waals surface area contributed by atoms with E-state index in [1.54, 1.807) is 0 Å². The molecule has 0 fully saturated rings. The van der Waals surface area contributed by atoms with Gasteiger partial charge in [-0.2, -0.15) is 10.2 Å². The van der Waals surface area contributed by atoms with Gasteiger partial charge in [-0.05, 0) is 6.92 Å². The van der Waals surface area contributed by atoms with E-state index in [0.29, 0.717) is 12.1 Å². The molecule has 0 aliphatic carbocycles. The van der Waals surface area contributed by atoms with Crippen molar-refractivity contribution in [3.63, 3.8) is 0 Å². The highest BCUT2D eigenvalue weighted by molar-refractivity contribution is 6.67. The van der Waals surface area contributed by atoms with Crippen LogP contribution in [0.2, 0.25) is 26.2 Å². The van der Waals surface area contributed by atoms with Gasteiger partial charge in [-0.15, -0.1) is 0 Å². The van der Waals surface area contributed by atoms with E-state index in [9.17, 15) is 4.79 Å². The maximum absolute atomic E-state index is 12.0. The second-order valence-electron chi connectivity index (χ2n) is 5.25. The maximum atomic E-state index is 12.0. The zero-order valence-corrected chi connectivity index (χ0v) is 15.9. The van der Waals surface area contributed by atoms with Crippen molar-refractivity contribution in [1.29, 1.82) is 0 Å². The fourth-order valence-electron chi connectivity index (χ4n) is 1.17. The first-order valence-corrected chi connectivity index (χ1v) is 12.5. The predicted molar refractivity (Wildman–Crippen MR) is 89.1 cm³/mol. The van der Waals surface area contributed by atoms with Gasteiger partial charge in [-0.3, -0.25) is 4.79 Å². The normalized spacial score (nSPS) is 13.2. The molecule has 0 N–H and O–H groups in total. The zero-order valence-electron chi connectivity index (χ0n) is 13.6. The highest BCUT2D eigenvalue weighted by Gasteiger charge is 2.16. The largest absolute Gasteiger partial charge is 0.331 e. The van der Waals surface area contributed by atoms with E-state index in [4.69, 9.17) is 0 Å². The third-order valence-corrected chi connectivity index (χ3v) is 6.21. The molecular formula is C12H28N4OSi2. The monoisotopic (exact) mass is 300 g/mol. The Morgan fingerprint density at radius 1 is 1.00 bits per heavy atom. The lowest BCUT2D eigenvalue weighted by Crippen LogP contribution is -2.33. The molecule has 0 atom stereocenters. The number of hydrazone groups is 2. The SMILES string of the molecule is CCC(=O)C(=NN(C)[SiH](C)C)C(C)=NN(C)[SiH](C)C. The first-order chi connectivity index (χ1) is 8.70. The second kappa shape index (κ2) is 8.26. The van der Waals surface area contributed by atoms with Crippen LogP contribution in [0.15, 0.2) is 10.2 Å². The molecule has 0 heterocycles. The van der Waals surface area contributed by atoms with Crippen LogP contribution in [0.5, 0.6) is 0 Å². The van der Waals surface area contributed by atoms with Crippen LogP contribution in [0.4, 0.5) is 0 Å². The molecule has 19 heavy (non-hydrogen) atoms. The van der Waals surface area contributed by atoms with Crippen LogP contribution in [0, 0.1) is 0 Å². The van der Waals surface area contributed by atoms with Crippen LogP contribution < -0.4 is 0 Å². The van der Waals surface area contributed by atoms with Gasteiger partial charge in [-0.25, -0.2) is 0 Å². The van der Waals surface area contributed by atoms with Crippen LogP contribution >= 0.6 is 0 Å². The number of carbonyl (C=O) groups excluding carboxylic acids is 1. The molecule has 0 amide bonds. The minimum absolute atomic E-state index is 0.0570. The molecule has 0 aliphatic rings. The molecule has 5 nitrogen and oxygen atoms in total. The summed E-state index contributed by atoms with van der Waals surface area (Å²) in [6.07, 6.45) is 0.460. The Morgan fingerprint density at radius 3 is 1.79 bits per heavy atom. The molecule has 0 radical (unpaired) electrons. The molecule has 0 aromatic heterocycles. The summed E-state index contributed by atoms with van der Waals surface area (Å²) in [5.41, 5.74) is 1.23. The first kappa shape index (κ1) is 18.0. The molecule has 0 bridgehead atoms. The van der Waals surface area contributed by atoms with E-state index < -0.39 is 17.9 Å². The highest BCUT2D eigenvalue weighted by Crippen LogP contribution is 2.00. The fourth-order valence-corrected chi connectivity index (χ4v) is 1.92. The van der Waals surface area contributed by atoms with E-state index in [1.807, 2.05) is 37.3 Å². The average molecular weight is 301 g/mol. The Bertz CT molecular complexity index is 367. The van der Waals surface area contributed by atoms with E-state index in [-0.39, 0.29) is 5.78 Å². The lowest BCUT2D eigenvalue weighted by Gasteiger charge is -2.20. The molecule has 7 heteroatoms. The summed E-state index contributed by atoms with van der Waals surface area (Å²) >= 11 is 0. The Kier molecular flexibility index (Phi) is 7.85. The quantitative estimate of drug-likeness (QED) is 0.407. The number of rotatable bonds is 7. The molecule has 0 rings (SSSR count). The van der Waals surface area contributed by atoms with Gasteiger partial charge in [0.1, 0.15) is 5.71 Å². The number of nitrogens with zero attached hydrogens (tertiary/aromatic N) is 4. The number of ketones is 1. The molecule has 0 saturated heterocycles. The zero-order chi connectivity index (χ0) is 15.2. The molecule has 110 valence electrons. The van der Waals surface area contributed by atoms with Crippen LogP contribution in [-0.2, 0) is 4.79 Å². The number of hydrogen-bond acceptors (Lipinski definition) is 5. The van der Waals surface area contributed by atoms with Gasteiger partial charge >= 0.3 is 0 Å². The standard InChI is InChI=1S/C12H28N4OSi2/c1-9-11(17)12(14-16(4)19(7)8)10(2)13-15(3)18(5)6/h18-19H,9H2,1-8H3. The Labute approximate surface area is 120 Å². The summed E-state index contributed by atoms with van der Waals surface area (Å²) in [5.74, 6) is 0.0570. The van der Waals surface area contributed by atoms with Crippen molar-refractivity contribution < 1.29 is 4.79 Å². The number of hydrogen-bond donors (Lipinski definition) is 0. The van der Waals surface area contributed by atoms with Crippen LogP contribution in [-0.4, -0.2) is 58.6 Å². The predicted octanol–water partition coefficient (Wildman–Crippen LogP) is 1.53. The van der Waals surface area contributed by atoms with E-state index in [1.165, 1.54) is 0 Å². The Morgan fingerprint density at radius 2 is 1.42 bits per heavy atom. The minimum Gasteiger partial charge on any atom is -0.331 e. The topological polar surface area (TPSA) is 48.3 Å². The van der Waals surface area contributed by atoms with Crippen molar-refractivity contribution >= 4 is 35.1 Å². The van der Waals surface area contributed by atoms with Gasteiger partial charge in [-0.1, -0.05) is 33.1 Å². The summed E-state index contributed by atoms with van der Waals surface area (Å²) < 4.78 is 3.93. The molecule has 0 unspecified atom stereocenters. The summed E-state index contributed by atoms with van der Waals surface area (Å²) in [6.45, 7) is 12.5. The average Bonchev–Trinajstić information content (AvgIpc) is 2.33. The van der Waals surface area contributed by atoms with Crippen LogP contribution in [0.25, 0.3) is 0 Å². The molecule has 0 aromatic rings. The molecule has 0 aliphatic heterocycles. The smallest absolute Gasteiger partial charge is 0.184 e. The Hall–Kier alpha value is -0.956. The Balaban J connectivity index is 5.33. The molecular weight excluding hydrogens is 272 g/mol. The van der Waals surface area contributed by atoms with Crippen LogP contribution in [0.3, 0.4) is 0 Å². The highest BCUT2D eigenvalue weighted by atomic mass is 28.3. The van der Waals surface area contributed by atoms with E-state index >= 15 is 0 Å². The van der Waals surface area contributed by atoms with Gasteiger partial charge < -0.3 is 9.35 Å². The number of carbonyl (C=O) groups is 1. The van der Waals surface area contributed by atoms with E-state index in [2.05, 4.69) is 36.4 Å². The van der Waals surface area contributed by atoms with Gasteiger partial charge in [0.05, 0.1) is 5.71 Å². The summed E-state index contributed by atoms with van der Waals surface area (Å²) in [5, 5.41) is 8.99. The fraction of sp³-hybridized carbons (Fsp3) is 0.750. The third kappa shape index (κ3) is 6.15. The van der Waals surface area contributed by atoms with Crippen molar-refractivity contribution in [3.8, 4) is 0 Å². The summed E-state index contributed by atoms with van der Waals surface area (Å²) in [7, 11) is 1.89. The molecule has 0 aromatic carbocycles. The summed E-state index contributed by atoms with van der Waals surface area (Å²) in [6, 6.07) is 0. The van der Waals surface area contributed by atoms with Crippen molar-refractivity contribution in [2.24, 2.45) is 10.2 Å². The van der Waals surface area contributed by atoms with Crippen molar-refractivity contribution in [2.75, 3.05) is 14.1 Å². The van der Waals surface area contributed by atoms with Gasteiger partial charge in [0, 0.05) is 20.5 Å². The lowest BCUT2D eigenvalue weighted by molar-refractivity contribution is -0.112. The minimum atomic E-state index is -1.04. The second-order valence-corrected chi connectivity index (χ2v) is 11.1. The van der Waals surface area contributed by atoms with Crippen molar-refractivity contribution in [2.45, 2.75) is 46.5 Å².